The van der Waals surface area contributed by atoms with Crippen molar-refractivity contribution in [1.82, 2.24) is 35.2 Å². The number of β-lactam (4-membered cyclic amide) rings is 1. The van der Waals surface area contributed by atoms with Crippen LogP contribution in [0.15, 0.2) is 27.9 Å². The SMILES string of the molecule is C[NH+]1C(N)=C(NC(=O)NCCN)CN1CC1=C(C(=O)O)N2C(=O)C(NC(=O)C(=NOC(C)(C)C(=O)O)c3nsc(N)n3)C2SC1. The minimum absolute atomic E-state index is 0.000645. The summed E-state index contributed by atoms with van der Waals surface area (Å²) in [4.78, 5) is 72.5. The number of oxime groups is 1. The molecule has 1 saturated heterocycles. The lowest BCUT2D eigenvalue weighted by Gasteiger charge is -2.49. The number of quaternary nitrogens is 1. The van der Waals surface area contributed by atoms with Gasteiger partial charge in [-0.25, -0.2) is 19.4 Å². The number of aromatic nitrogens is 2. The zero-order valence-corrected chi connectivity index (χ0v) is 26.0. The number of rotatable bonds is 12. The van der Waals surface area contributed by atoms with Gasteiger partial charge in [-0.1, -0.05) is 5.16 Å². The van der Waals surface area contributed by atoms with Crippen molar-refractivity contribution < 1.29 is 44.0 Å². The average molecular weight is 670 g/mol. The standard InChI is InChI=1S/C23H32N12O8S2/c1-23(2,20(40)41)43-31-11(15-30-21(26)45-32-15)16(36)29-12-17(37)35-13(19(38)39)9(8-44-18(12)35)6-34-7-10(14(25)33(34)3)28-22(42)27-5-4-24/h12,18H,4-8,24-25H2,1-3H3,(H,29,36)(H,38,39)(H,40,41)(H2,26,30,32)(H2,27,28,42)/p+1. The number of nitrogens with one attached hydrogen (secondary N) is 4. The summed E-state index contributed by atoms with van der Waals surface area (Å²) in [6.45, 7) is 3.26. The Labute approximate surface area is 263 Å². The van der Waals surface area contributed by atoms with E-state index in [0.717, 1.165) is 16.4 Å². The van der Waals surface area contributed by atoms with Crippen LogP contribution in [-0.2, 0) is 24.0 Å². The number of amides is 4. The maximum atomic E-state index is 13.3. The van der Waals surface area contributed by atoms with Crippen LogP contribution >= 0.6 is 23.3 Å². The third kappa shape index (κ3) is 6.93. The molecule has 0 spiro atoms. The molecule has 3 unspecified atom stereocenters. The fourth-order valence-electron chi connectivity index (χ4n) is 4.39. The van der Waals surface area contributed by atoms with Crippen molar-refractivity contribution in [2.24, 2.45) is 16.6 Å². The van der Waals surface area contributed by atoms with Gasteiger partial charge in [0, 0.05) is 30.4 Å². The van der Waals surface area contributed by atoms with Crippen molar-refractivity contribution in [2.75, 3.05) is 44.7 Å². The summed E-state index contributed by atoms with van der Waals surface area (Å²) in [5, 5.41) is 32.5. The predicted molar refractivity (Wildman–Crippen MR) is 159 cm³/mol. The van der Waals surface area contributed by atoms with E-state index in [1.54, 1.807) is 12.1 Å². The molecule has 1 aromatic heterocycles. The van der Waals surface area contributed by atoms with Crippen molar-refractivity contribution in [3.8, 4) is 0 Å². The van der Waals surface area contributed by atoms with Gasteiger partial charge in [0.15, 0.2) is 5.13 Å². The highest BCUT2D eigenvalue weighted by Crippen LogP contribution is 2.40. The Hall–Kier alpha value is -4.51. The van der Waals surface area contributed by atoms with Crippen molar-refractivity contribution in [3.63, 3.8) is 0 Å². The highest BCUT2D eigenvalue weighted by Gasteiger charge is 2.55. The number of carbonyl (C=O) groups is 5. The lowest BCUT2D eigenvalue weighted by Crippen LogP contribution is -3.13. The first kappa shape index (κ1) is 33.4. The number of anilines is 1. The number of urea groups is 1. The van der Waals surface area contributed by atoms with E-state index in [1.807, 2.05) is 0 Å². The zero-order valence-electron chi connectivity index (χ0n) is 24.3. The largest absolute Gasteiger partial charge is 0.478 e. The number of hydrogen-bond acceptors (Lipinski definition) is 15. The molecule has 20 nitrogen and oxygen atoms in total. The molecule has 4 heterocycles. The monoisotopic (exact) mass is 669 g/mol. The van der Waals surface area contributed by atoms with Crippen LogP contribution in [0, 0.1) is 0 Å². The second-order valence-corrected chi connectivity index (χ2v) is 12.3. The maximum absolute atomic E-state index is 13.3. The average Bonchev–Trinajstić information content (AvgIpc) is 3.52. The van der Waals surface area contributed by atoms with E-state index >= 15 is 0 Å². The van der Waals surface area contributed by atoms with Gasteiger partial charge in [0.25, 0.3) is 11.8 Å². The summed E-state index contributed by atoms with van der Waals surface area (Å²) < 4.78 is 3.92. The number of nitrogens with two attached hydrogens (primary N) is 3. The molecule has 0 bridgehead atoms. The van der Waals surface area contributed by atoms with Crippen LogP contribution in [0.1, 0.15) is 19.7 Å². The van der Waals surface area contributed by atoms with Crippen LogP contribution in [0.2, 0.25) is 0 Å². The fraction of sp³-hybridized carbons (Fsp3) is 0.478. The number of thioether (sulfide) groups is 1. The summed E-state index contributed by atoms with van der Waals surface area (Å²) in [5.41, 5.74) is 15.5. The Balaban J connectivity index is 1.49. The van der Waals surface area contributed by atoms with Crippen LogP contribution in [0.5, 0.6) is 0 Å². The molecular weight excluding hydrogens is 636 g/mol. The molecule has 244 valence electrons. The summed E-state index contributed by atoms with van der Waals surface area (Å²) in [5.74, 6) is -4.05. The zero-order chi connectivity index (χ0) is 33.2. The number of nitrogen functional groups attached to an aromatic ring is 1. The van der Waals surface area contributed by atoms with Crippen LogP contribution in [0.3, 0.4) is 0 Å². The number of nitrogens with zero attached hydrogens (tertiary/aromatic N) is 5. The maximum Gasteiger partial charge on any atom is 0.352 e. The van der Waals surface area contributed by atoms with Gasteiger partial charge in [-0.2, -0.15) is 9.36 Å². The van der Waals surface area contributed by atoms with E-state index in [4.69, 9.17) is 22.0 Å². The molecule has 45 heavy (non-hydrogen) atoms. The number of aliphatic carboxylic acids is 2. The summed E-state index contributed by atoms with van der Waals surface area (Å²) in [7, 11) is 1.73. The second-order valence-electron chi connectivity index (χ2n) is 10.4. The molecule has 0 radical (unpaired) electrons. The van der Waals surface area contributed by atoms with Gasteiger partial charge in [0.1, 0.15) is 22.8 Å². The molecule has 3 aliphatic heterocycles. The van der Waals surface area contributed by atoms with Gasteiger partial charge in [-0.15, -0.1) is 16.8 Å². The molecule has 4 amide bonds. The van der Waals surface area contributed by atoms with Gasteiger partial charge in [0.2, 0.25) is 23.0 Å². The highest BCUT2D eigenvalue weighted by atomic mass is 32.2. The van der Waals surface area contributed by atoms with E-state index in [9.17, 15) is 34.2 Å². The normalized spacial score (nSPS) is 22.1. The number of hydrogen-bond donors (Lipinski definition) is 9. The molecule has 4 rings (SSSR count). The number of fused-ring (bicyclic) bond motifs is 1. The van der Waals surface area contributed by atoms with Crippen molar-refractivity contribution in [1.29, 1.82) is 0 Å². The highest BCUT2D eigenvalue weighted by molar-refractivity contribution is 8.00. The molecule has 0 aromatic carbocycles. The van der Waals surface area contributed by atoms with Gasteiger partial charge in [-0.05, 0) is 19.4 Å². The Morgan fingerprint density at radius 1 is 1.24 bits per heavy atom. The van der Waals surface area contributed by atoms with E-state index in [-0.39, 0.29) is 48.6 Å². The van der Waals surface area contributed by atoms with E-state index in [2.05, 4.69) is 30.5 Å². The predicted octanol–water partition coefficient (Wildman–Crippen LogP) is -4.43. The molecule has 12 N–H and O–H groups in total. The van der Waals surface area contributed by atoms with Crippen LogP contribution in [0.25, 0.3) is 0 Å². The molecule has 1 aromatic rings. The third-order valence-corrected chi connectivity index (χ3v) is 8.78. The summed E-state index contributed by atoms with van der Waals surface area (Å²) in [6, 6.07) is -1.62. The van der Waals surface area contributed by atoms with Gasteiger partial charge in [-0.3, -0.25) is 14.5 Å². The lowest BCUT2D eigenvalue weighted by atomic mass is 10.0. The minimum Gasteiger partial charge on any atom is -0.478 e. The van der Waals surface area contributed by atoms with Gasteiger partial charge >= 0.3 is 18.0 Å². The molecule has 22 heteroatoms. The molecular formula is C23H33N12O8S2+. The first-order chi connectivity index (χ1) is 21.2. The minimum atomic E-state index is -1.81. The Morgan fingerprint density at radius 2 is 1.96 bits per heavy atom. The topological polar surface area (TPSA) is 298 Å². The van der Waals surface area contributed by atoms with Crippen molar-refractivity contribution >= 4 is 63.9 Å². The van der Waals surface area contributed by atoms with Crippen molar-refractivity contribution in [3.05, 3.63) is 28.6 Å². The molecule has 0 saturated carbocycles. The second kappa shape index (κ2) is 13.2. The van der Waals surface area contributed by atoms with E-state index < -0.39 is 52.5 Å². The smallest absolute Gasteiger partial charge is 0.352 e. The summed E-state index contributed by atoms with van der Waals surface area (Å²) in [6.07, 6.45) is 0. The Bertz CT molecular complexity index is 1510. The van der Waals surface area contributed by atoms with Gasteiger partial charge < -0.3 is 48.2 Å². The first-order valence-corrected chi connectivity index (χ1v) is 15.1. The number of carboxylic acids is 2. The Kier molecular flexibility index (Phi) is 9.82. The fourth-order valence-corrected chi connectivity index (χ4v) is 6.16. The van der Waals surface area contributed by atoms with E-state index in [0.29, 0.717) is 22.1 Å². The third-order valence-electron chi connectivity index (χ3n) is 6.90. The molecule has 1 fully saturated rings. The first-order valence-electron chi connectivity index (χ1n) is 13.3. The lowest BCUT2D eigenvalue weighted by molar-refractivity contribution is -0.957. The quantitative estimate of drug-likeness (QED) is 0.0576. The van der Waals surface area contributed by atoms with Crippen molar-refractivity contribution in [2.45, 2.75) is 30.9 Å². The number of carboxylic acid groups (broad SMARTS) is 2. The summed E-state index contributed by atoms with van der Waals surface area (Å²) >= 11 is 1.99. The van der Waals surface area contributed by atoms with Crippen LogP contribution in [-0.4, -0.2) is 121 Å². The Morgan fingerprint density at radius 3 is 2.56 bits per heavy atom. The van der Waals surface area contributed by atoms with E-state index in [1.165, 1.54) is 25.6 Å². The van der Waals surface area contributed by atoms with Gasteiger partial charge in [0.05, 0.1) is 20.1 Å². The molecule has 3 aliphatic rings. The van der Waals surface area contributed by atoms with Crippen LogP contribution < -0.4 is 38.2 Å². The molecule has 3 atom stereocenters. The van der Waals surface area contributed by atoms with Crippen LogP contribution in [0.4, 0.5) is 9.93 Å². The molecule has 0 aliphatic carbocycles. The number of carbonyl (C=O) groups excluding carboxylic acids is 3.